The van der Waals surface area contributed by atoms with Crippen molar-refractivity contribution in [2.45, 2.75) is 51.5 Å². The van der Waals surface area contributed by atoms with Crippen LogP contribution in [-0.4, -0.2) is 20.6 Å². The Labute approximate surface area is 110 Å². The van der Waals surface area contributed by atoms with E-state index in [-0.39, 0.29) is 18.0 Å². The lowest BCUT2D eigenvalue weighted by Crippen LogP contribution is -2.41. The zero-order valence-corrected chi connectivity index (χ0v) is 10.9. The molecule has 0 saturated heterocycles. The lowest BCUT2D eigenvalue weighted by Gasteiger charge is -2.23. The number of hydrogen-bond acceptors (Lipinski definition) is 3. The van der Waals surface area contributed by atoms with Gasteiger partial charge >= 0.3 is 11.7 Å². The van der Waals surface area contributed by atoms with Gasteiger partial charge in [0.2, 0.25) is 0 Å². The molecule has 1 aromatic rings. The van der Waals surface area contributed by atoms with E-state index >= 15 is 0 Å². The summed E-state index contributed by atoms with van der Waals surface area (Å²) in [5, 5.41) is 8.85. The van der Waals surface area contributed by atoms with Crippen molar-refractivity contribution < 1.29 is 9.90 Å². The van der Waals surface area contributed by atoms with Gasteiger partial charge in [0, 0.05) is 17.3 Å². The van der Waals surface area contributed by atoms with Crippen molar-refractivity contribution in [3.8, 4) is 0 Å². The van der Waals surface area contributed by atoms with Gasteiger partial charge in [0.25, 0.3) is 5.56 Å². The second-order valence-electron chi connectivity index (χ2n) is 5.07. The summed E-state index contributed by atoms with van der Waals surface area (Å²) in [6.45, 7) is 1.56. The molecule has 0 radical (unpaired) electrons. The predicted molar refractivity (Wildman–Crippen MR) is 69.5 cm³/mol. The number of carboxylic acid groups (broad SMARTS) is 1. The van der Waals surface area contributed by atoms with Crippen LogP contribution in [0.4, 0.5) is 0 Å². The molecule has 6 heteroatoms. The first-order valence-corrected chi connectivity index (χ1v) is 6.56. The van der Waals surface area contributed by atoms with Crippen molar-refractivity contribution in [3.05, 3.63) is 32.1 Å². The summed E-state index contributed by atoms with van der Waals surface area (Å²) in [4.78, 5) is 37.7. The standard InChI is InChI=1S/C13H18N2O4/c1-8-10(7-11(16)17)12(18)15(13(19)14-8)9-5-3-2-4-6-9/h9H,2-7H2,1H3,(H,14,19)(H,16,17). The molecule has 0 unspecified atom stereocenters. The molecular weight excluding hydrogens is 248 g/mol. The van der Waals surface area contributed by atoms with Crippen molar-refractivity contribution in [3.63, 3.8) is 0 Å². The molecule has 0 aromatic carbocycles. The molecule has 0 atom stereocenters. The Bertz CT molecular complexity index is 594. The van der Waals surface area contributed by atoms with Crippen molar-refractivity contribution in [2.24, 2.45) is 0 Å². The summed E-state index contributed by atoms with van der Waals surface area (Å²) >= 11 is 0. The van der Waals surface area contributed by atoms with Crippen LogP contribution < -0.4 is 11.2 Å². The van der Waals surface area contributed by atoms with Gasteiger partial charge in [-0.05, 0) is 19.8 Å². The van der Waals surface area contributed by atoms with Gasteiger partial charge in [0.05, 0.1) is 6.42 Å². The SMILES string of the molecule is Cc1[nH]c(=O)n(C2CCCCC2)c(=O)c1CC(=O)O. The minimum Gasteiger partial charge on any atom is -0.481 e. The third kappa shape index (κ3) is 2.77. The molecule has 1 fully saturated rings. The van der Waals surface area contributed by atoms with Crippen molar-refractivity contribution in [1.82, 2.24) is 9.55 Å². The maximum atomic E-state index is 12.3. The Balaban J connectivity index is 2.51. The second-order valence-corrected chi connectivity index (χ2v) is 5.07. The van der Waals surface area contributed by atoms with Gasteiger partial charge < -0.3 is 10.1 Å². The molecule has 1 aromatic heterocycles. The smallest absolute Gasteiger partial charge is 0.328 e. The van der Waals surface area contributed by atoms with Crippen molar-refractivity contribution >= 4 is 5.97 Å². The molecule has 2 N–H and O–H groups in total. The van der Waals surface area contributed by atoms with E-state index in [0.717, 1.165) is 32.1 Å². The monoisotopic (exact) mass is 266 g/mol. The molecule has 2 rings (SSSR count). The first-order valence-electron chi connectivity index (χ1n) is 6.56. The summed E-state index contributed by atoms with van der Waals surface area (Å²) in [5.41, 5.74) is -0.346. The van der Waals surface area contributed by atoms with Crippen LogP contribution in [0.15, 0.2) is 9.59 Å². The van der Waals surface area contributed by atoms with Crippen LogP contribution in [-0.2, 0) is 11.2 Å². The highest BCUT2D eigenvalue weighted by Crippen LogP contribution is 2.25. The number of aryl methyl sites for hydroxylation is 1. The van der Waals surface area contributed by atoms with Crippen LogP contribution in [0.1, 0.15) is 49.4 Å². The van der Waals surface area contributed by atoms with Gasteiger partial charge in [-0.1, -0.05) is 19.3 Å². The highest BCUT2D eigenvalue weighted by Gasteiger charge is 2.22. The molecule has 0 aliphatic heterocycles. The lowest BCUT2D eigenvalue weighted by molar-refractivity contribution is -0.136. The van der Waals surface area contributed by atoms with E-state index in [0.29, 0.717) is 5.69 Å². The van der Waals surface area contributed by atoms with Gasteiger partial charge in [-0.15, -0.1) is 0 Å². The van der Waals surface area contributed by atoms with Gasteiger partial charge in [0.1, 0.15) is 0 Å². The molecular formula is C13H18N2O4. The van der Waals surface area contributed by atoms with E-state index in [1.165, 1.54) is 4.57 Å². The minimum absolute atomic E-state index is 0.0989. The summed E-state index contributed by atoms with van der Waals surface area (Å²) in [5.74, 6) is -1.07. The average molecular weight is 266 g/mol. The fourth-order valence-electron chi connectivity index (χ4n) is 2.72. The largest absolute Gasteiger partial charge is 0.481 e. The third-order valence-electron chi connectivity index (χ3n) is 3.71. The van der Waals surface area contributed by atoms with E-state index in [2.05, 4.69) is 4.98 Å². The minimum atomic E-state index is -1.07. The first-order chi connectivity index (χ1) is 9.00. The van der Waals surface area contributed by atoms with E-state index in [1.54, 1.807) is 6.92 Å². The number of aromatic nitrogens is 2. The normalized spacial score (nSPS) is 16.5. The molecule has 0 spiro atoms. The first kappa shape index (κ1) is 13.6. The zero-order valence-electron chi connectivity index (χ0n) is 10.9. The Morgan fingerprint density at radius 2 is 1.95 bits per heavy atom. The zero-order chi connectivity index (χ0) is 14.0. The van der Waals surface area contributed by atoms with Gasteiger partial charge in [0.15, 0.2) is 0 Å². The fourth-order valence-corrected chi connectivity index (χ4v) is 2.72. The Hall–Kier alpha value is -1.85. The number of rotatable bonds is 3. The second kappa shape index (κ2) is 5.42. The Morgan fingerprint density at radius 1 is 1.32 bits per heavy atom. The fraction of sp³-hybridized carbons (Fsp3) is 0.615. The quantitative estimate of drug-likeness (QED) is 0.852. The topological polar surface area (TPSA) is 92.2 Å². The molecule has 1 saturated carbocycles. The van der Waals surface area contributed by atoms with E-state index in [4.69, 9.17) is 5.11 Å². The number of hydrogen-bond donors (Lipinski definition) is 2. The number of nitrogens with one attached hydrogen (secondary N) is 1. The summed E-state index contributed by atoms with van der Waals surface area (Å²) in [6.07, 6.45) is 4.37. The number of aliphatic carboxylic acids is 1. The van der Waals surface area contributed by atoms with Crippen molar-refractivity contribution in [2.75, 3.05) is 0 Å². The maximum absolute atomic E-state index is 12.3. The number of aromatic amines is 1. The average Bonchev–Trinajstić information content (AvgIpc) is 2.35. The number of carboxylic acids is 1. The van der Waals surface area contributed by atoms with Crippen molar-refractivity contribution in [1.29, 1.82) is 0 Å². The summed E-state index contributed by atoms with van der Waals surface area (Å²) in [6, 6.07) is -0.0989. The number of nitrogens with zero attached hydrogens (tertiary/aromatic N) is 1. The van der Waals surface area contributed by atoms with E-state index in [9.17, 15) is 14.4 Å². The van der Waals surface area contributed by atoms with Gasteiger partial charge in [-0.25, -0.2) is 4.79 Å². The molecule has 1 heterocycles. The lowest BCUT2D eigenvalue weighted by atomic mass is 9.95. The molecule has 6 nitrogen and oxygen atoms in total. The van der Waals surface area contributed by atoms with E-state index in [1.807, 2.05) is 0 Å². The number of carbonyl (C=O) groups is 1. The van der Waals surface area contributed by atoms with Crippen LogP contribution >= 0.6 is 0 Å². The van der Waals surface area contributed by atoms with E-state index < -0.39 is 17.2 Å². The Morgan fingerprint density at radius 3 is 2.53 bits per heavy atom. The van der Waals surface area contributed by atoms with Crippen LogP contribution in [0.3, 0.4) is 0 Å². The van der Waals surface area contributed by atoms with Gasteiger partial charge in [-0.3, -0.25) is 14.2 Å². The molecule has 0 amide bonds. The third-order valence-corrected chi connectivity index (χ3v) is 3.71. The van der Waals surface area contributed by atoms with Crippen LogP contribution in [0, 0.1) is 6.92 Å². The summed E-state index contributed by atoms with van der Waals surface area (Å²) in [7, 11) is 0. The van der Waals surface area contributed by atoms with Gasteiger partial charge in [-0.2, -0.15) is 0 Å². The molecule has 0 bridgehead atoms. The number of H-pyrrole nitrogens is 1. The van der Waals surface area contributed by atoms with Crippen LogP contribution in [0.5, 0.6) is 0 Å². The Kier molecular flexibility index (Phi) is 3.87. The molecule has 1 aliphatic rings. The molecule has 1 aliphatic carbocycles. The molecule has 19 heavy (non-hydrogen) atoms. The highest BCUT2D eigenvalue weighted by molar-refractivity contribution is 5.70. The highest BCUT2D eigenvalue weighted by atomic mass is 16.4. The maximum Gasteiger partial charge on any atom is 0.328 e. The summed E-state index contributed by atoms with van der Waals surface area (Å²) < 4.78 is 1.21. The predicted octanol–water partition coefficient (Wildman–Crippen LogP) is 0.977. The van der Waals surface area contributed by atoms with Crippen LogP contribution in [0.25, 0.3) is 0 Å². The molecule has 104 valence electrons. The van der Waals surface area contributed by atoms with Crippen LogP contribution in [0.2, 0.25) is 0 Å².